The van der Waals surface area contributed by atoms with Gasteiger partial charge in [0.15, 0.2) is 0 Å². The molecule has 2 N–H and O–H groups in total. The van der Waals surface area contributed by atoms with E-state index in [9.17, 15) is 4.39 Å². The minimum absolute atomic E-state index is 0.109. The first-order chi connectivity index (χ1) is 8.63. The third-order valence-electron chi connectivity index (χ3n) is 3.06. The molecule has 0 unspecified atom stereocenters. The number of aryl methyl sites for hydroxylation is 1. The van der Waals surface area contributed by atoms with E-state index in [1.165, 1.54) is 18.9 Å². The summed E-state index contributed by atoms with van der Waals surface area (Å²) in [7, 11) is 0. The van der Waals surface area contributed by atoms with Crippen LogP contribution in [0.5, 0.6) is 0 Å². The van der Waals surface area contributed by atoms with Crippen molar-refractivity contribution in [2.75, 3.05) is 5.73 Å². The van der Waals surface area contributed by atoms with Gasteiger partial charge in [0.2, 0.25) is 5.95 Å². The van der Waals surface area contributed by atoms with E-state index in [2.05, 4.69) is 11.9 Å². The summed E-state index contributed by atoms with van der Waals surface area (Å²) in [5.41, 5.74) is 7.22. The largest absolute Gasteiger partial charge is 0.369 e. The number of halogens is 2. The summed E-state index contributed by atoms with van der Waals surface area (Å²) in [4.78, 5) is 4.16. The molecule has 0 atom stereocenters. The quantitative estimate of drug-likeness (QED) is 0.834. The van der Waals surface area contributed by atoms with Gasteiger partial charge in [-0.3, -0.25) is 0 Å². The smallest absolute Gasteiger partial charge is 0.201 e. The Hall–Kier alpha value is -1.29. The number of nitrogens with two attached hydrogens (primary N) is 1. The molecule has 0 saturated heterocycles. The molecule has 0 bridgehead atoms. The highest BCUT2D eigenvalue weighted by Gasteiger charge is 2.11. The summed E-state index contributed by atoms with van der Waals surface area (Å²) in [6.45, 7) is 2.97. The number of hydrogen-bond acceptors (Lipinski definition) is 2. The summed E-state index contributed by atoms with van der Waals surface area (Å²) < 4.78 is 15.2. The molecule has 18 heavy (non-hydrogen) atoms. The van der Waals surface area contributed by atoms with Crippen LogP contribution in [0.2, 0.25) is 5.02 Å². The van der Waals surface area contributed by atoms with Crippen molar-refractivity contribution in [2.24, 2.45) is 0 Å². The zero-order chi connectivity index (χ0) is 13.1. The predicted molar refractivity (Wildman–Crippen MR) is 73.3 cm³/mol. The third kappa shape index (κ3) is 2.58. The van der Waals surface area contributed by atoms with Crippen LogP contribution in [-0.4, -0.2) is 9.55 Å². The van der Waals surface area contributed by atoms with Gasteiger partial charge < -0.3 is 10.3 Å². The molecule has 0 fully saturated rings. The third-order valence-corrected chi connectivity index (χ3v) is 3.34. The zero-order valence-corrected chi connectivity index (χ0v) is 11.2. The van der Waals surface area contributed by atoms with Crippen molar-refractivity contribution < 1.29 is 4.39 Å². The molecule has 0 aliphatic rings. The van der Waals surface area contributed by atoms with E-state index >= 15 is 0 Å². The lowest BCUT2D eigenvalue weighted by Crippen LogP contribution is -2.03. The second-order valence-electron chi connectivity index (χ2n) is 4.44. The molecular weight excluding hydrogens is 253 g/mol. The standard InChI is InChI=1S/C13H17ClFN3/c1-2-3-4-5-6-18-12-7-9(14)10(15)8-11(12)17-13(18)16/h7-8H,2-6H2,1H3,(H2,16,17). The molecule has 98 valence electrons. The van der Waals surface area contributed by atoms with Crippen LogP contribution in [0.1, 0.15) is 32.6 Å². The molecule has 0 aliphatic carbocycles. The molecule has 0 aliphatic heterocycles. The summed E-state index contributed by atoms with van der Waals surface area (Å²) in [5, 5.41) is 0.109. The lowest BCUT2D eigenvalue weighted by molar-refractivity contribution is 0.595. The number of anilines is 1. The summed E-state index contributed by atoms with van der Waals surface area (Å²) in [6.07, 6.45) is 4.60. The molecule has 5 heteroatoms. The molecular formula is C13H17ClFN3. The number of imidazole rings is 1. The first kappa shape index (κ1) is 13.1. The average molecular weight is 270 g/mol. The fourth-order valence-corrected chi connectivity index (χ4v) is 2.23. The molecule has 2 rings (SSSR count). The van der Waals surface area contributed by atoms with E-state index in [1.54, 1.807) is 6.07 Å². The lowest BCUT2D eigenvalue weighted by atomic mass is 10.2. The summed E-state index contributed by atoms with van der Waals surface area (Å²) in [5.74, 6) is -0.0389. The van der Waals surface area contributed by atoms with Gasteiger partial charge in [-0.2, -0.15) is 0 Å². The van der Waals surface area contributed by atoms with Crippen molar-refractivity contribution in [1.82, 2.24) is 9.55 Å². The highest BCUT2D eigenvalue weighted by atomic mass is 35.5. The second-order valence-corrected chi connectivity index (χ2v) is 4.84. The highest BCUT2D eigenvalue weighted by molar-refractivity contribution is 6.31. The van der Waals surface area contributed by atoms with E-state index in [0.717, 1.165) is 24.9 Å². The molecule has 2 aromatic rings. The van der Waals surface area contributed by atoms with Crippen LogP contribution < -0.4 is 5.73 Å². The van der Waals surface area contributed by atoms with Crippen LogP contribution in [0.3, 0.4) is 0 Å². The van der Waals surface area contributed by atoms with Crippen molar-refractivity contribution in [2.45, 2.75) is 39.2 Å². The molecule has 1 heterocycles. The molecule has 0 radical (unpaired) electrons. The van der Waals surface area contributed by atoms with Crippen molar-refractivity contribution in [3.63, 3.8) is 0 Å². The van der Waals surface area contributed by atoms with Crippen LogP contribution in [0.25, 0.3) is 11.0 Å². The van der Waals surface area contributed by atoms with Crippen molar-refractivity contribution in [3.8, 4) is 0 Å². The van der Waals surface area contributed by atoms with E-state index in [1.807, 2.05) is 4.57 Å². The van der Waals surface area contributed by atoms with E-state index in [0.29, 0.717) is 11.5 Å². The number of aromatic nitrogens is 2. The van der Waals surface area contributed by atoms with Crippen molar-refractivity contribution in [1.29, 1.82) is 0 Å². The minimum Gasteiger partial charge on any atom is -0.369 e. The van der Waals surface area contributed by atoms with Crippen molar-refractivity contribution >= 4 is 28.6 Å². The monoisotopic (exact) mass is 269 g/mol. The van der Waals surface area contributed by atoms with Crippen molar-refractivity contribution in [3.05, 3.63) is 23.0 Å². The van der Waals surface area contributed by atoms with Gasteiger partial charge in [0.05, 0.1) is 16.1 Å². The first-order valence-electron chi connectivity index (χ1n) is 6.24. The maximum absolute atomic E-state index is 13.3. The Morgan fingerprint density at radius 3 is 2.83 bits per heavy atom. The van der Waals surface area contributed by atoms with Gasteiger partial charge in [0.25, 0.3) is 0 Å². The number of unbranched alkanes of at least 4 members (excludes halogenated alkanes) is 3. The highest BCUT2D eigenvalue weighted by Crippen LogP contribution is 2.25. The van der Waals surface area contributed by atoms with Crippen LogP contribution >= 0.6 is 11.6 Å². The molecule has 0 saturated carbocycles. The fourth-order valence-electron chi connectivity index (χ4n) is 2.07. The SMILES string of the molecule is CCCCCCn1c(N)nc2cc(F)c(Cl)cc21. The first-order valence-corrected chi connectivity index (χ1v) is 6.62. The van der Waals surface area contributed by atoms with Gasteiger partial charge in [0, 0.05) is 12.6 Å². The number of rotatable bonds is 5. The topological polar surface area (TPSA) is 43.8 Å². The molecule has 0 amide bonds. The Kier molecular flexibility index (Phi) is 4.07. The zero-order valence-electron chi connectivity index (χ0n) is 10.4. The fraction of sp³-hybridized carbons (Fsp3) is 0.462. The number of hydrogen-bond donors (Lipinski definition) is 1. The van der Waals surface area contributed by atoms with E-state index < -0.39 is 5.82 Å². The minimum atomic E-state index is -0.459. The Bertz CT molecular complexity index is 551. The second kappa shape index (κ2) is 5.57. The van der Waals surface area contributed by atoms with Gasteiger partial charge in [-0.1, -0.05) is 37.8 Å². The molecule has 1 aromatic heterocycles. The maximum atomic E-state index is 13.3. The van der Waals surface area contributed by atoms with Gasteiger partial charge in [-0.25, -0.2) is 9.37 Å². The van der Waals surface area contributed by atoms with Gasteiger partial charge in [-0.15, -0.1) is 0 Å². The van der Waals surface area contributed by atoms with Gasteiger partial charge >= 0.3 is 0 Å². The predicted octanol–water partition coefficient (Wildman–Crippen LogP) is 3.99. The molecule has 3 nitrogen and oxygen atoms in total. The lowest BCUT2D eigenvalue weighted by Gasteiger charge is -2.06. The van der Waals surface area contributed by atoms with Crippen LogP contribution in [0.4, 0.5) is 10.3 Å². The number of nitrogen functional groups attached to an aromatic ring is 1. The Labute approximate surface area is 111 Å². The van der Waals surface area contributed by atoms with Gasteiger partial charge in [0.1, 0.15) is 5.82 Å². The average Bonchev–Trinajstić information content (AvgIpc) is 2.62. The Morgan fingerprint density at radius 1 is 1.33 bits per heavy atom. The number of benzene rings is 1. The van der Waals surface area contributed by atoms with E-state index in [-0.39, 0.29) is 5.02 Å². The van der Waals surface area contributed by atoms with Crippen LogP contribution in [0.15, 0.2) is 12.1 Å². The number of nitrogens with zero attached hydrogens (tertiary/aromatic N) is 2. The maximum Gasteiger partial charge on any atom is 0.201 e. The molecule has 0 spiro atoms. The number of fused-ring (bicyclic) bond motifs is 1. The Balaban J connectivity index is 2.26. The molecule has 1 aromatic carbocycles. The normalized spacial score (nSPS) is 11.3. The van der Waals surface area contributed by atoms with Crippen LogP contribution in [0, 0.1) is 5.82 Å². The summed E-state index contributed by atoms with van der Waals surface area (Å²) >= 11 is 5.80. The van der Waals surface area contributed by atoms with E-state index in [4.69, 9.17) is 17.3 Å². The Morgan fingerprint density at radius 2 is 2.11 bits per heavy atom. The summed E-state index contributed by atoms with van der Waals surface area (Å²) in [6, 6.07) is 2.92. The van der Waals surface area contributed by atoms with Gasteiger partial charge in [-0.05, 0) is 12.5 Å². The van der Waals surface area contributed by atoms with Crippen LogP contribution in [-0.2, 0) is 6.54 Å².